The maximum Gasteiger partial charge on any atom is 0.137 e. The van der Waals surface area contributed by atoms with Gasteiger partial charge in [-0.25, -0.2) is 9.82 Å². The van der Waals surface area contributed by atoms with Crippen molar-refractivity contribution >= 4 is 15.9 Å². The van der Waals surface area contributed by atoms with Gasteiger partial charge in [0, 0.05) is 0 Å². The number of halogens is 2. The zero-order valence-electron chi connectivity index (χ0n) is 11.9. The Morgan fingerprint density at radius 2 is 1.71 bits per heavy atom. The lowest BCUT2D eigenvalue weighted by atomic mass is 9.99. The van der Waals surface area contributed by atoms with Gasteiger partial charge in [0.25, 0.3) is 0 Å². The van der Waals surface area contributed by atoms with E-state index in [0.29, 0.717) is 4.47 Å². The van der Waals surface area contributed by atoms with Gasteiger partial charge in [0.1, 0.15) is 11.6 Å². The van der Waals surface area contributed by atoms with Crippen molar-refractivity contribution in [2.75, 3.05) is 0 Å². The van der Waals surface area contributed by atoms with E-state index >= 15 is 0 Å². The van der Waals surface area contributed by atoms with Crippen molar-refractivity contribution in [3.63, 3.8) is 0 Å². The molecule has 0 fully saturated rings. The molecule has 3 N–H and O–H groups in total. The van der Waals surface area contributed by atoms with Crippen LogP contribution < -0.4 is 16.0 Å². The summed E-state index contributed by atoms with van der Waals surface area (Å²) in [5.74, 6) is 6.17. The predicted octanol–water partition coefficient (Wildman–Crippen LogP) is 3.93. The quantitative estimate of drug-likeness (QED) is 0.633. The first-order valence-electron chi connectivity index (χ1n) is 6.69. The minimum Gasteiger partial charge on any atom is -0.491 e. The predicted molar refractivity (Wildman–Crippen MR) is 85.5 cm³/mol. The lowest BCUT2D eigenvalue weighted by Gasteiger charge is -2.18. The van der Waals surface area contributed by atoms with E-state index in [1.807, 2.05) is 38.1 Å². The van der Waals surface area contributed by atoms with Gasteiger partial charge in [0.2, 0.25) is 0 Å². The van der Waals surface area contributed by atoms with E-state index in [-0.39, 0.29) is 18.0 Å². The Morgan fingerprint density at radius 3 is 2.24 bits per heavy atom. The van der Waals surface area contributed by atoms with Gasteiger partial charge >= 0.3 is 0 Å². The van der Waals surface area contributed by atoms with Crippen LogP contribution in [0.25, 0.3) is 0 Å². The highest BCUT2D eigenvalue weighted by molar-refractivity contribution is 9.10. The van der Waals surface area contributed by atoms with Gasteiger partial charge in [-0.3, -0.25) is 5.84 Å². The third-order valence-corrected chi connectivity index (χ3v) is 3.64. The number of rotatable bonds is 5. The van der Waals surface area contributed by atoms with Crippen molar-refractivity contribution in [1.29, 1.82) is 0 Å². The largest absolute Gasteiger partial charge is 0.491 e. The van der Waals surface area contributed by atoms with Crippen LogP contribution in [0.2, 0.25) is 0 Å². The molecule has 2 aromatic carbocycles. The van der Waals surface area contributed by atoms with Crippen LogP contribution in [0.4, 0.5) is 4.39 Å². The van der Waals surface area contributed by atoms with Gasteiger partial charge < -0.3 is 4.74 Å². The van der Waals surface area contributed by atoms with Crippen molar-refractivity contribution in [2.45, 2.75) is 26.0 Å². The molecule has 2 rings (SSSR count). The monoisotopic (exact) mass is 352 g/mol. The third kappa shape index (κ3) is 4.03. The molecule has 0 amide bonds. The van der Waals surface area contributed by atoms with Crippen molar-refractivity contribution in [2.24, 2.45) is 5.84 Å². The van der Waals surface area contributed by atoms with Gasteiger partial charge in [-0.1, -0.05) is 18.2 Å². The van der Waals surface area contributed by atoms with E-state index in [0.717, 1.165) is 16.9 Å². The maximum atomic E-state index is 13.3. The maximum absolute atomic E-state index is 13.3. The number of hydrogen-bond acceptors (Lipinski definition) is 3. The molecule has 0 aromatic heterocycles. The van der Waals surface area contributed by atoms with Crippen LogP contribution in [0.5, 0.6) is 5.75 Å². The fourth-order valence-electron chi connectivity index (χ4n) is 2.09. The molecule has 5 heteroatoms. The fraction of sp³-hybridized carbons (Fsp3) is 0.250. The summed E-state index contributed by atoms with van der Waals surface area (Å²) >= 11 is 3.19. The molecule has 0 radical (unpaired) electrons. The summed E-state index contributed by atoms with van der Waals surface area (Å²) in [4.78, 5) is 0. The zero-order chi connectivity index (χ0) is 15.4. The molecular formula is C16H18BrFN2O. The number of benzene rings is 2. The minimum atomic E-state index is -0.296. The van der Waals surface area contributed by atoms with Crippen LogP contribution >= 0.6 is 15.9 Å². The molecule has 2 aromatic rings. The summed E-state index contributed by atoms with van der Waals surface area (Å²) in [6.45, 7) is 3.96. The highest BCUT2D eigenvalue weighted by atomic mass is 79.9. The van der Waals surface area contributed by atoms with Crippen LogP contribution in [0, 0.1) is 5.82 Å². The first-order chi connectivity index (χ1) is 10.0. The molecular weight excluding hydrogens is 335 g/mol. The Bertz CT molecular complexity index is 602. The molecule has 112 valence electrons. The summed E-state index contributed by atoms with van der Waals surface area (Å²) in [7, 11) is 0. The average Bonchev–Trinajstić information content (AvgIpc) is 2.45. The highest BCUT2D eigenvalue weighted by Crippen LogP contribution is 2.27. The third-order valence-electron chi connectivity index (χ3n) is 3.03. The molecule has 0 saturated heterocycles. The van der Waals surface area contributed by atoms with E-state index in [4.69, 9.17) is 10.6 Å². The molecule has 0 aliphatic carbocycles. The summed E-state index contributed by atoms with van der Waals surface area (Å²) < 4.78 is 19.4. The van der Waals surface area contributed by atoms with E-state index in [1.54, 1.807) is 12.1 Å². The highest BCUT2D eigenvalue weighted by Gasteiger charge is 2.14. The lowest BCUT2D eigenvalue weighted by molar-refractivity contribution is 0.242. The number of hydrogen-bond donors (Lipinski definition) is 2. The van der Waals surface area contributed by atoms with Crippen LogP contribution in [0.15, 0.2) is 46.9 Å². The first kappa shape index (κ1) is 15.9. The van der Waals surface area contributed by atoms with Crippen molar-refractivity contribution in [1.82, 2.24) is 5.43 Å². The van der Waals surface area contributed by atoms with Gasteiger partial charge in [-0.2, -0.15) is 0 Å². The number of nitrogens with two attached hydrogens (primary N) is 1. The smallest absolute Gasteiger partial charge is 0.137 e. The molecule has 1 atom stereocenters. The lowest BCUT2D eigenvalue weighted by Crippen LogP contribution is -2.28. The Hall–Kier alpha value is -1.43. The van der Waals surface area contributed by atoms with Gasteiger partial charge in [-0.15, -0.1) is 0 Å². The Kier molecular flexibility index (Phi) is 5.33. The van der Waals surface area contributed by atoms with Gasteiger partial charge in [-0.05, 0) is 65.2 Å². The van der Waals surface area contributed by atoms with E-state index < -0.39 is 0 Å². The summed E-state index contributed by atoms with van der Waals surface area (Å²) in [6, 6.07) is 12.3. The van der Waals surface area contributed by atoms with Crippen LogP contribution in [0.3, 0.4) is 0 Å². The van der Waals surface area contributed by atoms with Crippen LogP contribution in [-0.4, -0.2) is 6.10 Å². The molecule has 0 spiro atoms. The second-order valence-electron chi connectivity index (χ2n) is 5.01. The molecule has 21 heavy (non-hydrogen) atoms. The summed E-state index contributed by atoms with van der Waals surface area (Å²) in [6.07, 6.45) is 0.132. The van der Waals surface area contributed by atoms with Crippen molar-refractivity contribution in [3.05, 3.63) is 63.9 Å². The first-order valence-corrected chi connectivity index (χ1v) is 7.48. The SMILES string of the molecule is CC(C)Oc1ccc(C(NN)c2ccc(F)c(Br)c2)cc1. The summed E-state index contributed by atoms with van der Waals surface area (Å²) in [5.41, 5.74) is 4.61. The Balaban J connectivity index is 2.26. The van der Waals surface area contributed by atoms with Gasteiger partial charge in [0.05, 0.1) is 16.6 Å². The molecule has 0 heterocycles. The fourth-order valence-corrected chi connectivity index (χ4v) is 2.48. The second-order valence-corrected chi connectivity index (χ2v) is 5.86. The number of ether oxygens (including phenoxy) is 1. The average molecular weight is 353 g/mol. The Morgan fingerprint density at radius 1 is 1.10 bits per heavy atom. The van der Waals surface area contributed by atoms with E-state index in [1.165, 1.54) is 6.07 Å². The van der Waals surface area contributed by atoms with E-state index in [2.05, 4.69) is 21.4 Å². The second kappa shape index (κ2) is 7.02. The summed E-state index contributed by atoms with van der Waals surface area (Å²) in [5, 5.41) is 0. The molecule has 0 aliphatic rings. The number of nitrogens with one attached hydrogen (secondary N) is 1. The molecule has 0 bridgehead atoms. The zero-order valence-corrected chi connectivity index (χ0v) is 13.5. The number of hydrazine groups is 1. The van der Waals surface area contributed by atoms with Gasteiger partial charge in [0.15, 0.2) is 0 Å². The van der Waals surface area contributed by atoms with E-state index in [9.17, 15) is 4.39 Å². The standard InChI is InChI=1S/C16H18BrFN2O/c1-10(2)21-13-6-3-11(4-7-13)16(20-19)12-5-8-15(18)14(17)9-12/h3-10,16,20H,19H2,1-2H3. The normalized spacial score (nSPS) is 12.5. The molecule has 3 nitrogen and oxygen atoms in total. The van der Waals surface area contributed by atoms with Crippen LogP contribution in [-0.2, 0) is 0 Å². The molecule has 1 unspecified atom stereocenters. The topological polar surface area (TPSA) is 47.3 Å². The minimum absolute atomic E-state index is 0.132. The van der Waals surface area contributed by atoms with Crippen LogP contribution in [0.1, 0.15) is 31.0 Å². The molecule has 0 saturated carbocycles. The Labute approximate surface area is 132 Å². The molecule has 0 aliphatic heterocycles. The van der Waals surface area contributed by atoms with Crippen molar-refractivity contribution in [3.8, 4) is 5.75 Å². The van der Waals surface area contributed by atoms with Crippen molar-refractivity contribution < 1.29 is 9.13 Å².